The standard InChI is InChI=1S/C20H13Br2F3O/c1-26-19-15(13-6-2-4-8-17(13)21)10-12(20(23,24)25)11-16(19)14-7-3-5-9-18(14)22/h2-11H,1H3. The summed E-state index contributed by atoms with van der Waals surface area (Å²) in [6.45, 7) is 0. The van der Waals surface area contributed by atoms with Crippen molar-refractivity contribution in [1.29, 1.82) is 0 Å². The van der Waals surface area contributed by atoms with Crippen LogP contribution >= 0.6 is 31.9 Å². The zero-order valence-electron chi connectivity index (χ0n) is 13.6. The molecule has 0 fully saturated rings. The second-order valence-corrected chi connectivity index (χ2v) is 7.27. The van der Waals surface area contributed by atoms with E-state index < -0.39 is 11.7 Å². The van der Waals surface area contributed by atoms with Gasteiger partial charge in [-0.3, -0.25) is 0 Å². The molecule has 0 bridgehead atoms. The van der Waals surface area contributed by atoms with Crippen LogP contribution in [0.5, 0.6) is 5.75 Å². The molecule has 0 N–H and O–H groups in total. The van der Waals surface area contributed by atoms with Crippen molar-refractivity contribution in [3.8, 4) is 28.0 Å². The first-order chi connectivity index (χ1) is 12.3. The molecule has 0 aliphatic rings. The lowest BCUT2D eigenvalue weighted by atomic mass is 9.94. The van der Waals surface area contributed by atoms with E-state index in [-0.39, 0.29) is 0 Å². The van der Waals surface area contributed by atoms with Gasteiger partial charge in [0.15, 0.2) is 0 Å². The average Bonchev–Trinajstić information content (AvgIpc) is 2.60. The molecule has 0 saturated carbocycles. The Hall–Kier alpha value is -1.79. The van der Waals surface area contributed by atoms with Crippen LogP contribution in [0.2, 0.25) is 0 Å². The van der Waals surface area contributed by atoms with Gasteiger partial charge >= 0.3 is 6.18 Å². The molecule has 0 heterocycles. The van der Waals surface area contributed by atoms with Crippen LogP contribution in [0.1, 0.15) is 5.56 Å². The minimum atomic E-state index is -4.47. The van der Waals surface area contributed by atoms with Crippen molar-refractivity contribution in [2.24, 2.45) is 0 Å². The zero-order chi connectivity index (χ0) is 18.9. The van der Waals surface area contributed by atoms with Gasteiger partial charge < -0.3 is 4.74 Å². The maximum atomic E-state index is 13.6. The van der Waals surface area contributed by atoms with Crippen LogP contribution in [-0.2, 0) is 6.18 Å². The van der Waals surface area contributed by atoms with Gasteiger partial charge in [0.1, 0.15) is 5.75 Å². The smallest absolute Gasteiger partial charge is 0.416 e. The van der Waals surface area contributed by atoms with Crippen LogP contribution in [0, 0.1) is 0 Å². The third-order valence-electron chi connectivity index (χ3n) is 3.95. The van der Waals surface area contributed by atoms with Gasteiger partial charge in [-0.15, -0.1) is 0 Å². The summed E-state index contributed by atoms with van der Waals surface area (Å²) in [5.74, 6) is 0.386. The van der Waals surface area contributed by atoms with Gasteiger partial charge in [-0.05, 0) is 35.4 Å². The Morgan fingerprint density at radius 3 is 1.50 bits per heavy atom. The SMILES string of the molecule is COc1c(-c2ccccc2Br)cc(C(F)(F)F)cc1-c1ccccc1Br. The molecule has 0 aliphatic heterocycles. The van der Waals surface area contributed by atoms with E-state index in [4.69, 9.17) is 4.74 Å². The molecule has 0 saturated heterocycles. The molecular formula is C20H13Br2F3O. The van der Waals surface area contributed by atoms with Crippen molar-refractivity contribution < 1.29 is 17.9 Å². The Bertz CT molecular complexity index is 885. The van der Waals surface area contributed by atoms with Crippen molar-refractivity contribution in [2.75, 3.05) is 7.11 Å². The lowest BCUT2D eigenvalue weighted by molar-refractivity contribution is -0.137. The first-order valence-electron chi connectivity index (χ1n) is 7.62. The summed E-state index contributed by atoms with van der Waals surface area (Å²) < 4.78 is 47.6. The van der Waals surface area contributed by atoms with Gasteiger partial charge in [0.2, 0.25) is 0 Å². The second-order valence-electron chi connectivity index (χ2n) is 5.56. The largest absolute Gasteiger partial charge is 0.495 e. The third kappa shape index (κ3) is 3.67. The molecular weight excluding hydrogens is 473 g/mol. The second kappa shape index (κ2) is 7.45. The molecule has 0 aliphatic carbocycles. The Morgan fingerprint density at radius 2 is 1.15 bits per heavy atom. The normalized spacial score (nSPS) is 11.5. The summed E-state index contributed by atoms with van der Waals surface area (Å²) in [6.07, 6.45) is -4.47. The van der Waals surface area contributed by atoms with E-state index in [9.17, 15) is 13.2 Å². The fraction of sp³-hybridized carbons (Fsp3) is 0.100. The molecule has 134 valence electrons. The summed E-state index contributed by atoms with van der Waals surface area (Å²) in [5, 5.41) is 0. The number of rotatable bonds is 3. The Morgan fingerprint density at radius 1 is 0.731 bits per heavy atom. The fourth-order valence-electron chi connectivity index (χ4n) is 2.77. The molecule has 0 spiro atoms. The summed E-state index contributed by atoms with van der Waals surface area (Å²) in [6, 6.07) is 16.5. The molecule has 26 heavy (non-hydrogen) atoms. The number of methoxy groups -OCH3 is 1. The van der Waals surface area contributed by atoms with Crippen LogP contribution in [0.4, 0.5) is 13.2 Å². The van der Waals surface area contributed by atoms with E-state index in [1.54, 1.807) is 36.4 Å². The maximum Gasteiger partial charge on any atom is 0.416 e. The molecule has 0 unspecified atom stereocenters. The average molecular weight is 486 g/mol. The molecule has 6 heteroatoms. The minimum Gasteiger partial charge on any atom is -0.495 e. The first kappa shape index (κ1) is 19.0. The van der Waals surface area contributed by atoms with E-state index in [1.165, 1.54) is 7.11 Å². The highest BCUT2D eigenvalue weighted by molar-refractivity contribution is 9.11. The highest BCUT2D eigenvalue weighted by atomic mass is 79.9. The van der Waals surface area contributed by atoms with E-state index in [0.717, 1.165) is 12.1 Å². The first-order valence-corrected chi connectivity index (χ1v) is 9.20. The lowest BCUT2D eigenvalue weighted by Gasteiger charge is -2.19. The van der Waals surface area contributed by atoms with Crippen molar-refractivity contribution in [1.82, 2.24) is 0 Å². The van der Waals surface area contributed by atoms with E-state index >= 15 is 0 Å². The number of alkyl halides is 3. The lowest BCUT2D eigenvalue weighted by Crippen LogP contribution is -2.07. The van der Waals surface area contributed by atoms with Crippen molar-refractivity contribution in [3.63, 3.8) is 0 Å². The Kier molecular flexibility index (Phi) is 5.44. The summed E-state index contributed by atoms with van der Waals surface area (Å²) in [4.78, 5) is 0. The highest BCUT2D eigenvalue weighted by Crippen LogP contribution is 2.46. The predicted octanol–water partition coefficient (Wildman–Crippen LogP) is 7.57. The van der Waals surface area contributed by atoms with Crippen molar-refractivity contribution in [3.05, 3.63) is 75.2 Å². The third-order valence-corrected chi connectivity index (χ3v) is 5.33. The van der Waals surface area contributed by atoms with Crippen molar-refractivity contribution in [2.45, 2.75) is 6.18 Å². The quantitative estimate of drug-likeness (QED) is 0.371. The van der Waals surface area contributed by atoms with Gasteiger partial charge in [-0.2, -0.15) is 13.2 Å². The minimum absolute atomic E-state index is 0.376. The molecule has 3 aromatic carbocycles. The summed E-state index contributed by atoms with van der Waals surface area (Å²) in [5.41, 5.74) is 1.28. The topological polar surface area (TPSA) is 9.23 Å². The van der Waals surface area contributed by atoms with E-state index in [2.05, 4.69) is 31.9 Å². The number of hydrogen-bond donors (Lipinski definition) is 0. The van der Waals surface area contributed by atoms with Gasteiger partial charge in [0.25, 0.3) is 0 Å². The summed E-state index contributed by atoms with van der Waals surface area (Å²) in [7, 11) is 1.46. The fourth-order valence-corrected chi connectivity index (χ4v) is 3.77. The molecule has 3 rings (SSSR count). The molecule has 0 aromatic heterocycles. The van der Waals surface area contributed by atoms with Crippen LogP contribution in [0.3, 0.4) is 0 Å². The van der Waals surface area contributed by atoms with Crippen molar-refractivity contribution >= 4 is 31.9 Å². The molecule has 0 radical (unpaired) electrons. The van der Waals surface area contributed by atoms with Crippen LogP contribution in [0.25, 0.3) is 22.3 Å². The Balaban J connectivity index is 2.40. The number of benzene rings is 3. The van der Waals surface area contributed by atoms with Crippen LogP contribution < -0.4 is 4.74 Å². The molecule has 3 aromatic rings. The van der Waals surface area contributed by atoms with Gasteiger partial charge in [-0.25, -0.2) is 0 Å². The monoisotopic (exact) mass is 484 g/mol. The zero-order valence-corrected chi connectivity index (χ0v) is 16.7. The number of ether oxygens (including phenoxy) is 1. The van der Waals surface area contributed by atoms with E-state index in [0.29, 0.717) is 36.9 Å². The highest BCUT2D eigenvalue weighted by Gasteiger charge is 2.33. The van der Waals surface area contributed by atoms with Gasteiger partial charge in [-0.1, -0.05) is 68.3 Å². The van der Waals surface area contributed by atoms with Gasteiger partial charge in [0, 0.05) is 20.1 Å². The van der Waals surface area contributed by atoms with Crippen LogP contribution in [0.15, 0.2) is 69.6 Å². The maximum absolute atomic E-state index is 13.6. The molecule has 0 atom stereocenters. The van der Waals surface area contributed by atoms with Gasteiger partial charge in [0.05, 0.1) is 12.7 Å². The van der Waals surface area contributed by atoms with Crippen LogP contribution in [-0.4, -0.2) is 7.11 Å². The molecule has 0 amide bonds. The summed E-state index contributed by atoms with van der Waals surface area (Å²) >= 11 is 6.84. The molecule has 1 nitrogen and oxygen atoms in total. The van der Waals surface area contributed by atoms with E-state index in [1.807, 2.05) is 12.1 Å². The number of hydrogen-bond acceptors (Lipinski definition) is 1. The number of halogens is 5. The Labute approximate surface area is 166 Å². The predicted molar refractivity (Wildman–Crippen MR) is 104 cm³/mol.